The van der Waals surface area contributed by atoms with Gasteiger partial charge in [0.15, 0.2) is 0 Å². The van der Waals surface area contributed by atoms with E-state index in [4.69, 9.17) is 21.4 Å². The van der Waals surface area contributed by atoms with E-state index in [1.54, 1.807) is 6.20 Å². The maximum Gasteiger partial charge on any atom is 0.407 e. The highest BCUT2D eigenvalue weighted by Gasteiger charge is 2.24. The minimum absolute atomic E-state index is 0.132. The van der Waals surface area contributed by atoms with Gasteiger partial charge in [-0.25, -0.2) is 14.8 Å². The average Bonchev–Trinajstić information content (AvgIpc) is 3.04. The fourth-order valence-corrected chi connectivity index (χ4v) is 2.96. The first-order valence-corrected chi connectivity index (χ1v) is 8.06. The van der Waals surface area contributed by atoms with Crippen molar-refractivity contribution in [3.8, 4) is 0 Å². The molecule has 3 rings (SSSR count). The molecule has 124 valence electrons. The summed E-state index contributed by atoms with van der Waals surface area (Å²) in [6.45, 7) is 4.78. The summed E-state index contributed by atoms with van der Waals surface area (Å²) in [7, 11) is 0. The number of hydrogen-bond donors (Lipinski definition) is 1. The number of carboxylic acid groups (broad SMARTS) is 1. The molecule has 1 unspecified atom stereocenters. The Hall–Kier alpha value is -2.02. The van der Waals surface area contributed by atoms with Crippen LogP contribution in [0, 0.1) is 0 Å². The topological polar surface area (TPSA) is 78.3 Å². The number of carbonyl (C=O) groups is 1. The molecule has 0 spiro atoms. The first kappa shape index (κ1) is 15.9. The van der Waals surface area contributed by atoms with E-state index in [9.17, 15) is 4.79 Å². The molecule has 0 radical (unpaired) electrons. The van der Waals surface area contributed by atoms with E-state index in [-0.39, 0.29) is 6.10 Å². The second-order valence-electron chi connectivity index (χ2n) is 5.58. The van der Waals surface area contributed by atoms with Crippen molar-refractivity contribution in [2.24, 2.45) is 4.99 Å². The lowest BCUT2D eigenvalue weighted by atomic mass is 10.2. The molecule has 8 heteroatoms. The zero-order valence-electron chi connectivity index (χ0n) is 12.9. The van der Waals surface area contributed by atoms with Crippen LogP contribution in [0.15, 0.2) is 17.3 Å². The summed E-state index contributed by atoms with van der Waals surface area (Å²) in [6, 6.07) is 1.81. The number of nitrogens with zero attached hydrogens (tertiary/aromatic N) is 4. The first-order chi connectivity index (χ1) is 11.1. The molecule has 0 aliphatic carbocycles. The van der Waals surface area contributed by atoms with Gasteiger partial charge in [0.05, 0.1) is 17.1 Å². The lowest BCUT2D eigenvalue weighted by molar-refractivity contribution is 0.142. The number of ether oxygens (including phenoxy) is 1. The number of hydrogen-bond acceptors (Lipinski definition) is 5. The summed E-state index contributed by atoms with van der Waals surface area (Å²) >= 11 is 6.37. The standard InChI is InChI=1S/C15H19ClN4O3/c1-2-11-9-18-14(23-11)10-7-12(16)13(17-8-10)19-3-5-20(6-4-19)15(21)22/h7-8,11H,2-6,9H2,1H3,(H,21,22). The molecular formula is C15H19ClN4O3. The summed E-state index contributed by atoms with van der Waals surface area (Å²) in [5.41, 5.74) is 0.777. The Morgan fingerprint density at radius 3 is 2.74 bits per heavy atom. The Balaban J connectivity index is 1.70. The third-order valence-electron chi connectivity index (χ3n) is 4.09. The minimum Gasteiger partial charge on any atom is -0.472 e. The summed E-state index contributed by atoms with van der Waals surface area (Å²) in [6.07, 6.45) is 1.87. The van der Waals surface area contributed by atoms with Crippen molar-refractivity contribution in [1.29, 1.82) is 0 Å². The second-order valence-corrected chi connectivity index (χ2v) is 5.99. The Morgan fingerprint density at radius 2 is 2.17 bits per heavy atom. The van der Waals surface area contributed by atoms with Gasteiger partial charge >= 0.3 is 6.09 Å². The average molecular weight is 339 g/mol. The number of halogens is 1. The van der Waals surface area contributed by atoms with Gasteiger partial charge in [-0.15, -0.1) is 0 Å². The van der Waals surface area contributed by atoms with E-state index in [1.165, 1.54) is 4.90 Å². The van der Waals surface area contributed by atoms with Gasteiger partial charge in [0, 0.05) is 32.4 Å². The largest absolute Gasteiger partial charge is 0.472 e. The summed E-state index contributed by atoms with van der Waals surface area (Å²) in [5.74, 6) is 1.26. The quantitative estimate of drug-likeness (QED) is 0.913. The predicted molar refractivity (Wildman–Crippen MR) is 87.6 cm³/mol. The molecule has 7 nitrogen and oxygen atoms in total. The molecule has 23 heavy (non-hydrogen) atoms. The first-order valence-electron chi connectivity index (χ1n) is 7.68. The van der Waals surface area contributed by atoms with Gasteiger partial charge in [0.1, 0.15) is 11.9 Å². The maximum atomic E-state index is 10.9. The van der Waals surface area contributed by atoms with E-state index in [1.807, 2.05) is 11.0 Å². The van der Waals surface area contributed by atoms with E-state index in [2.05, 4.69) is 16.9 Å². The Morgan fingerprint density at radius 1 is 1.43 bits per heavy atom. The molecule has 2 aliphatic heterocycles. The monoisotopic (exact) mass is 338 g/mol. The predicted octanol–water partition coefficient (Wildman–Crippen LogP) is 2.09. The molecule has 0 saturated carbocycles. The van der Waals surface area contributed by atoms with Crippen molar-refractivity contribution in [3.63, 3.8) is 0 Å². The highest BCUT2D eigenvalue weighted by atomic mass is 35.5. The lowest BCUT2D eigenvalue weighted by Gasteiger charge is -2.34. The fraction of sp³-hybridized carbons (Fsp3) is 0.533. The van der Waals surface area contributed by atoms with E-state index in [0.717, 1.165) is 12.0 Å². The SMILES string of the molecule is CCC1CN=C(c2cnc(N3CCN(C(=O)O)CC3)c(Cl)c2)O1. The van der Waals surface area contributed by atoms with Crippen LogP contribution in [-0.4, -0.2) is 65.8 Å². The van der Waals surface area contributed by atoms with Crippen LogP contribution in [0.5, 0.6) is 0 Å². The number of aliphatic imine (C=N–C) groups is 1. The summed E-state index contributed by atoms with van der Waals surface area (Å²) in [4.78, 5) is 23.2. The minimum atomic E-state index is -0.888. The molecule has 3 heterocycles. The number of piperazine rings is 1. The normalized spacial score (nSPS) is 21.1. The summed E-state index contributed by atoms with van der Waals surface area (Å²) < 4.78 is 5.74. The molecular weight excluding hydrogens is 320 g/mol. The number of rotatable bonds is 3. The van der Waals surface area contributed by atoms with Crippen LogP contribution in [-0.2, 0) is 4.74 Å². The molecule has 2 aliphatic rings. The van der Waals surface area contributed by atoms with Gasteiger partial charge in [-0.05, 0) is 12.5 Å². The molecule has 1 amide bonds. The van der Waals surface area contributed by atoms with Crippen LogP contribution in [0.25, 0.3) is 0 Å². The van der Waals surface area contributed by atoms with Gasteiger partial charge in [-0.2, -0.15) is 0 Å². The Kier molecular flexibility index (Phi) is 4.56. The molecule has 1 saturated heterocycles. The third-order valence-corrected chi connectivity index (χ3v) is 4.37. The van der Waals surface area contributed by atoms with Gasteiger partial charge in [0.2, 0.25) is 5.90 Å². The van der Waals surface area contributed by atoms with Gasteiger partial charge < -0.3 is 19.6 Å². The van der Waals surface area contributed by atoms with Crippen LogP contribution in [0.2, 0.25) is 5.02 Å². The van der Waals surface area contributed by atoms with Gasteiger partial charge in [-0.1, -0.05) is 18.5 Å². The van der Waals surface area contributed by atoms with Crippen molar-refractivity contribution < 1.29 is 14.6 Å². The Labute approximate surface area is 139 Å². The highest BCUT2D eigenvalue weighted by molar-refractivity contribution is 6.33. The smallest absolute Gasteiger partial charge is 0.407 e. The van der Waals surface area contributed by atoms with Crippen molar-refractivity contribution >= 4 is 29.4 Å². The zero-order valence-corrected chi connectivity index (χ0v) is 13.7. The molecule has 1 N–H and O–H groups in total. The molecule has 0 bridgehead atoms. The van der Waals surface area contributed by atoms with Crippen LogP contribution in [0.3, 0.4) is 0 Å². The molecule has 1 aromatic rings. The highest BCUT2D eigenvalue weighted by Crippen LogP contribution is 2.26. The van der Waals surface area contributed by atoms with E-state index >= 15 is 0 Å². The van der Waals surface area contributed by atoms with Crippen LogP contribution in [0.4, 0.5) is 10.6 Å². The second kappa shape index (κ2) is 6.62. The molecule has 1 atom stereocenters. The van der Waals surface area contributed by atoms with Crippen molar-refractivity contribution in [2.45, 2.75) is 19.4 Å². The Bertz CT molecular complexity index is 629. The number of amides is 1. The van der Waals surface area contributed by atoms with Crippen LogP contribution >= 0.6 is 11.6 Å². The van der Waals surface area contributed by atoms with Crippen LogP contribution in [0.1, 0.15) is 18.9 Å². The lowest BCUT2D eigenvalue weighted by Crippen LogP contribution is -2.48. The number of aromatic nitrogens is 1. The molecule has 1 aromatic heterocycles. The van der Waals surface area contributed by atoms with Gasteiger partial charge in [-0.3, -0.25) is 0 Å². The zero-order chi connectivity index (χ0) is 16.4. The molecule has 1 fully saturated rings. The summed E-state index contributed by atoms with van der Waals surface area (Å²) in [5, 5.41) is 9.51. The fourth-order valence-electron chi connectivity index (χ4n) is 2.68. The van der Waals surface area contributed by atoms with Crippen LogP contribution < -0.4 is 4.90 Å². The van der Waals surface area contributed by atoms with E-state index < -0.39 is 6.09 Å². The van der Waals surface area contributed by atoms with E-state index in [0.29, 0.717) is 49.5 Å². The number of pyridine rings is 1. The van der Waals surface area contributed by atoms with Gasteiger partial charge in [0.25, 0.3) is 0 Å². The van der Waals surface area contributed by atoms with Crippen molar-refractivity contribution in [1.82, 2.24) is 9.88 Å². The molecule has 0 aromatic carbocycles. The van der Waals surface area contributed by atoms with Crippen molar-refractivity contribution in [3.05, 3.63) is 22.8 Å². The third kappa shape index (κ3) is 3.34. The van der Waals surface area contributed by atoms with Crippen molar-refractivity contribution in [2.75, 3.05) is 37.6 Å². The number of anilines is 1. The maximum absolute atomic E-state index is 10.9.